The van der Waals surface area contributed by atoms with Gasteiger partial charge in [0.05, 0.1) is 6.04 Å². The van der Waals surface area contributed by atoms with Crippen molar-refractivity contribution >= 4 is 23.2 Å². The van der Waals surface area contributed by atoms with E-state index in [1.165, 1.54) is 12.1 Å². The molecule has 0 bridgehead atoms. The highest BCUT2D eigenvalue weighted by atomic mass is 32.2. The Morgan fingerprint density at radius 3 is 2.24 bits per heavy atom. The van der Waals surface area contributed by atoms with Crippen molar-refractivity contribution in [1.82, 2.24) is 4.90 Å². The highest BCUT2D eigenvalue weighted by Crippen LogP contribution is 2.43. The van der Waals surface area contributed by atoms with Crippen LogP contribution < -0.4 is 0 Å². The van der Waals surface area contributed by atoms with E-state index in [0.29, 0.717) is 12.1 Å². The van der Waals surface area contributed by atoms with Crippen LogP contribution in [0.3, 0.4) is 0 Å². The summed E-state index contributed by atoms with van der Waals surface area (Å²) in [5.41, 5.74) is 3.03. The predicted octanol–water partition coefficient (Wildman–Crippen LogP) is 5.60. The number of aliphatic hydroxyl groups is 1. The normalized spacial score (nSPS) is 16.6. The molecule has 1 aliphatic heterocycles. The van der Waals surface area contributed by atoms with Gasteiger partial charge in [0.25, 0.3) is 5.91 Å². The Labute approximate surface area is 173 Å². The third-order valence-electron chi connectivity index (χ3n) is 5.09. The van der Waals surface area contributed by atoms with E-state index < -0.39 is 11.9 Å². The predicted molar refractivity (Wildman–Crippen MR) is 114 cm³/mol. The number of aliphatic hydroxyl groups excluding tert-OH is 1. The average Bonchev–Trinajstić information content (AvgIpc) is 3.00. The summed E-state index contributed by atoms with van der Waals surface area (Å²) in [6.07, 6.45) is 2.01. The molecule has 5 heteroatoms. The van der Waals surface area contributed by atoms with Gasteiger partial charge < -0.3 is 10.0 Å². The molecule has 0 aromatic heterocycles. The lowest BCUT2D eigenvalue weighted by Gasteiger charge is -2.27. The number of rotatable bonds is 5. The Hall–Kier alpha value is -3.05. The molecule has 1 amide bonds. The number of amides is 1. The molecule has 1 N–H and O–H groups in total. The van der Waals surface area contributed by atoms with Crippen molar-refractivity contribution in [3.63, 3.8) is 0 Å². The number of halogens is 1. The summed E-state index contributed by atoms with van der Waals surface area (Å²) in [5, 5.41) is 10.7. The number of benzene rings is 3. The zero-order chi connectivity index (χ0) is 20.4. The van der Waals surface area contributed by atoms with Gasteiger partial charge in [0, 0.05) is 17.0 Å². The number of carbonyl (C=O) groups is 1. The minimum absolute atomic E-state index is 0.258. The first-order valence-corrected chi connectivity index (χ1v) is 10.5. The van der Waals surface area contributed by atoms with E-state index >= 15 is 0 Å². The zero-order valence-corrected chi connectivity index (χ0v) is 16.7. The topological polar surface area (TPSA) is 40.5 Å². The van der Waals surface area contributed by atoms with Crippen molar-refractivity contribution < 1.29 is 14.3 Å². The number of carbonyl (C=O) groups excluding carboxylic acids is 1. The average molecular weight is 405 g/mol. The van der Waals surface area contributed by atoms with Gasteiger partial charge in [-0.05, 0) is 47.2 Å². The van der Waals surface area contributed by atoms with Crippen LogP contribution >= 0.6 is 11.8 Å². The molecule has 3 aromatic rings. The SMILES string of the molecule is CSc1ccc(CN2C(=O)C(O)=C(c3ccccc3)[C@H]2c2ccc(F)cc2)cc1. The van der Waals surface area contributed by atoms with Crippen LogP contribution in [0.1, 0.15) is 22.7 Å². The smallest absolute Gasteiger partial charge is 0.290 e. The van der Waals surface area contributed by atoms with Gasteiger partial charge in [0.2, 0.25) is 0 Å². The van der Waals surface area contributed by atoms with Crippen LogP contribution in [0, 0.1) is 5.82 Å². The fraction of sp³-hybridized carbons (Fsp3) is 0.125. The molecule has 0 saturated carbocycles. The van der Waals surface area contributed by atoms with Gasteiger partial charge in [-0.3, -0.25) is 4.79 Å². The Morgan fingerprint density at radius 1 is 0.966 bits per heavy atom. The van der Waals surface area contributed by atoms with Gasteiger partial charge in [0.1, 0.15) is 5.82 Å². The van der Waals surface area contributed by atoms with E-state index in [-0.39, 0.29) is 11.6 Å². The fourth-order valence-corrected chi connectivity index (χ4v) is 4.06. The molecule has 4 rings (SSSR count). The summed E-state index contributed by atoms with van der Waals surface area (Å²) in [6, 6.07) is 22.9. The molecular formula is C24H20FNO2S. The van der Waals surface area contributed by atoms with Crippen LogP contribution in [0.25, 0.3) is 5.57 Å². The monoisotopic (exact) mass is 405 g/mol. The highest BCUT2D eigenvalue weighted by molar-refractivity contribution is 7.98. The lowest BCUT2D eigenvalue weighted by atomic mass is 9.93. The quantitative estimate of drug-likeness (QED) is 0.562. The first kappa shape index (κ1) is 19.3. The Kier molecular flexibility index (Phi) is 5.41. The largest absolute Gasteiger partial charge is 0.503 e. The van der Waals surface area contributed by atoms with Crippen molar-refractivity contribution in [2.75, 3.05) is 6.26 Å². The van der Waals surface area contributed by atoms with Crippen LogP contribution in [-0.4, -0.2) is 22.2 Å². The van der Waals surface area contributed by atoms with Crippen molar-refractivity contribution in [3.8, 4) is 0 Å². The van der Waals surface area contributed by atoms with E-state index in [1.54, 1.807) is 28.8 Å². The molecule has 0 unspecified atom stereocenters. The lowest BCUT2D eigenvalue weighted by molar-refractivity contribution is -0.130. The maximum Gasteiger partial charge on any atom is 0.290 e. The van der Waals surface area contributed by atoms with E-state index in [1.807, 2.05) is 60.9 Å². The van der Waals surface area contributed by atoms with Gasteiger partial charge in [0.15, 0.2) is 5.76 Å². The zero-order valence-electron chi connectivity index (χ0n) is 15.9. The molecule has 0 aliphatic carbocycles. The molecule has 0 fully saturated rings. The number of nitrogens with zero attached hydrogens (tertiary/aromatic N) is 1. The molecule has 1 aliphatic rings. The van der Waals surface area contributed by atoms with Gasteiger partial charge in [-0.15, -0.1) is 11.8 Å². The van der Waals surface area contributed by atoms with Crippen molar-refractivity contribution in [1.29, 1.82) is 0 Å². The number of hydrogen-bond acceptors (Lipinski definition) is 3. The van der Waals surface area contributed by atoms with Crippen LogP contribution in [0.4, 0.5) is 4.39 Å². The molecule has 0 spiro atoms. The summed E-state index contributed by atoms with van der Waals surface area (Å²) < 4.78 is 13.5. The van der Waals surface area contributed by atoms with Crippen LogP contribution in [-0.2, 0) is 11.3 Å². The van der Waals surface area contributed by atoms with Gasteiger partial charge in [-0.2, -0.15) is 0 Å². The Morgan fingerprint density at radius 2 is 1.62 bits per heavy atom. The van der Waals surface area contributed by atoms with Crippen molar-refractivity contribution in [2.45, 2.75) is 17.5 Å². The van der Waals surface area contributed by atoms with E-state index in [9.17, 15) is 14.3 Å². The summed E-state index contributed by atoms with van der Waals surface area (Å²) in [4.78, 5) is 15.8. The van der Waals surface area contributed by atoms with Gasteiger partial charge in [-0.25, -0.2) is 4.39 Å². The van der Waals surface area contributed by atoms with E-state index in [4.69, 9.17) is 0 Å². The highest BCUT2D eigenvalue weighted by Gasteiger charge is 2.40. The molecule has 3 aromatic carbocycles. The Bertz CT molecular complexity index is 1050. The van der Waals surface area contributed by atoms with Crippen molar-refractivity contribution in [3.05, 3.63) is 107 Å². The third kappa shape index (κ3) is 3.78. The molecule has 146 valence electrons. The second-order valence-corrected chi connectivity index (χ2v) is 7.74. The summed E-state index contributed by atoms with van der Waals surface area (Å²) in [5.74, 6) is -1.02. The standard InChI is InChI=1S/C24H20FNO2S/c1-29-20-13-7-16(8-14-20)15-26-22(18-9-11-19(25)12-10-18)21(23(27)24(26)28)17-5-3-2-4-6-17/h2-14,22,27H,15H2,1H3/t22-/m1/s1. The number of hydrogen-bond donors (Lipinski definition) is 1. The maximum atomic E-state index is 13.5. The van der Waals surface area contributed by atoms with E-state index in [0.717, 1.165) is 21.6 Å². The number of thioether (sulfide) groups is 1. The first-order chi connectivity index (χ1) is 14.1. The molecule has 29 heavy (non-hydrogen) atoms. The third-order valence-corrected chi connectivity index (χ3v) is 5.83. The van der Waals surface area contributed by atoms with Crippen LogP contribution in [0.5, 0.6) is 0 Å². The van der Waals surface area contributed by atoms with Crippen LogP contribution in [0.15, 0.2) is 89.5 Å². The minimum Gasteiger partial charge on any atom is -0.503 e. The molecule has 0 saturated heterocycles. The first-order valence-electron chi connectivity index (χ1n) is 9.26. The molecule has 3 nitrogen and oxygen atoms in total. The van der Waals surface area contributed by atoms with E-state index in [2.05, 4.69) is 0 Å². The summed E-state index contributed by atoms with van der Waals surface area (Å²) >= 11 is 1.65. The van der Waals surface area contributed by atoms with Gasteiger partial charge >= 0.3 is 0 Å². The minimum atomic E-state index is -0.495. The van der Waals surface area contributed by atoms with Crippen molar-refractivity contribution in [2.24, 2.45) is 0 Å². The molecule has 0 radical (unpaired) electrons. The molecule has 1 atom stereocenters. The summed E-state index contributed by atoms with van der Waals surface area (Å²) in [6.45, 7) is 0.343. The van der Waals surface area contributed by atoms with Crippen LogP contribution in [0.2, 0.25) is 0 Å². The lowest BCUT2D eigenvalue weighted by Crippen LogP contribution is -2.29. The maximum absolute atomic E-state index is 13.5. The molecular weight excluding hydrogens is 385 g/mol. The fourth-order valence-electron chi connectivity index (χ4n) is 3.65. The summed E-state index contributed by atoms with van der Waals surface area (Å²) in [7, 11) is 0. The Balaban J connectivity index is 1.77. The molecule has 1 heterocycles. The second kappa shape index (κ2) is 8.13. The second-order valence-electron chi connectivity index (χ2n) is 6.86. The van der Waals surface area contributed by atoms with Gasteiger partial charge in [-0.1, -0.05) is 54.6 Å².